The molecule has 6 N–H and O–H groups in total. The lowest BCUT2D eigenvalue weighted by Crippen LogP contribution is -2.61. The number of carbonyl (C=O) groups is 8. The van der Waals surface area contributed by atoms with Gasteiger partial charge in [-0.05, 0) is 139 Å². The number of piperidine rings is 1. The van der Waals surface area contributed by atoms with Gasteiger partial charge in [-0.3, -0.25) is 33.6 Å². The van der Waals surface area contributed by atoms with E-state index in [1.807, 2.05) is 51.2 Å². The monoisotopic (exact) mass is 1770 g/mol. The number of oxazole rings is 1. The van der Waals surface area contributed by atoms with Crippen LogP contribution in [0, 0.1) is 35.5 Å². The van der Waals surface area contributed by atoms with Crippen molar-refractivity contribution >= 4 is 80.9 Å². The normalized spacial score (nSPS) is 26.6. The minimum atomic E-state index is -2.48. The number of hydrogen-bond donors (Lipinski definition) is 4. The van der Waals surface area contributed by atoms with Gasteiger partial charge in [0.15, 0.2) is 11.4 Å². The molecule has 2 saturated heterocycles. The Balaban J connectivity index is 0.635. The van der Waals surface area contributed by atoms with Gasteiger partial charge in [-0.15, -0.1) is 0 Å². The van der Waals surface area contributed by atoms with Crippen LogP contribution in [0.1, 0.15) is 190 Å². The highest BCUT2D eigenvalue weighted by Gasteiger charge is 2.53. The van der Waals surface area contributed by atoms with Crippen LogP contribution in [0.5, 0.6) is 0 Å². The van der Waals surface area contributed by atoms with Crippen LogP contribution >= 0.6 is 0 Å². The molecule has 8 rings (SSSR count). The summed E-state index contributed by atoms with van der Waals surface area (Å²) in [6, 6.07) is 0.596. The van der Waals surface area contributed by atoms with Crippen LogP contribution < -0.4 is 11.5 Å². The first-order valence-corrected chi connectivity index (χ1v) is 45.1. The molecule has 0 aromatic carbocycles. The number of amides is 1. The number of aliphatic hydroxyl groups excluding tert-OH is 1. The number of nitrogen functional groups attached to an aromatic ring is 2. The van der Waals surface area contributed by atoms with Crippen LogP contribution in [0.2, 0.25) is 0 Å². The maximum Gasteiger partial charge on any atom is 0.329 e. The lowest BCUT2D eigenvalue weighted by molar-refractivity contribution is -0.265. The summed E-state index contributed by atoms with van der Waals surface area (Å²) in [6.45, 7) is 19.0. The molecule has 0 radical (unpaired) electrons. The van der Waals surface area contributed by atoms with E-state index in [1.54, 1.807) is 64.9 Å². The Morgan fingerprint density at radius 2 is 1.29 bits per heavy atom. The predicted molar refractivity (Wildman–Crippen MR) is 467 cm³/mol. The number of carbonyl (C=O) groups excluding carboxylic acids is 8. The first kappa shape index (κ1) is 103. The number of pyridine rings is 1. The molecule has 15 atom stereocenters. The number of aryl methyl sites for hydroxylation is 1. The number of cyclic esters (lactones) is 1. The van der Waals surface area contributed by atoms with Crippen molar-refractivity contribution in [1.29, 1.82) is 0 Å². The fourth-order valence-corrected chi connectivity index (χ4v) is 16.4. The summed E-state index contributed by atoms with van der Waals surface area (Å²) < 4.78 is 88.1. The van der Waals surface area contributed by atoms with E-state index in [1.165, 1.54) is 18.3 Å². The quantitative estimate of drug-likeness (QED) is 0.0138. The van der Waals surface area contributed by atoms with Crippen molar-refractivity contribution in [3.8, 4) is 11.3 Å². The molecule has 702 valence electrons. The Morgan fingerprint density at radius 1 is 0.659 bits per heavy atom. The lowest BCUT2D eigenvalue weighted by Gasteiger charge is -2.42. The Hall–Kier alpha value is -8.07. The molecule has 3 aliphatic heterocycles. The SMILES string of the molecule is CO[C@H]1C[C@@H]2CC[C@@H](C)[C@@](O)(O2)C(=O)C(=O)N2CCCC[C@H]2C(=O)O[C@H]([C@H](C)C[C@@H]2CC[C@@H](OC(=O)CCCOCCOCCOCCOCCC(=O)CCCOCCOCCOCCOCCC(=O)CCCCCn3nc(-c4cnc5oc(N)nc5c4)c4c(N)ncnc43)[C@H](OC)C2)CC(=O)[C@H](C)/C=C(\C)[C@@H](O)[C@@H](OC)C(=O)[C@H](C)C[C@H](C)/C=C/C=C/C=C/1C. The van der Waals surface area contributed by atoms with Crippen molar-refractivity contribution in [1.82, 2.24) is 34.6 Å². The lowest BCUT2D eigenvalue weighted by atomic mass is 9.78. The molecule has 4 aromatic rings. The number of unbranched alkanes of at least 4 members (excludes halogenated alkanes) is 2. The number of anilines is 2. The molecule has 3 fully saturated rings. The van der Waals surface area contributed by atoms with Gasteiger partial charge in [0.25, 0.3) is 17.7 Å². The standard InChI is InChI=1S/C92H139N9O25/c1-60-21-13-11-14-22-61(2)76(112-8)56-71-29-27-66(7)92(111,126-71)85(108)89(109)100-33-18-16-25-73(100)90(110)124-77(57-74(104)62(3)52-65(6)83(107)84(114-10)82(106)64(5)51-60)63(4)53-67-28-30-75(78(54-67)113-9)123-79(105)26-20-36-116-40-44-120-48-50-122-46-42-118-38-32-70(103)24-19-35-115-39-43-119-47-49-121-45-41-117-37-31-69(102)23-15-12-17-34-101-87-80(86(93)96-59-97-87)81(99-101)68-55-72-88(95-58-68)125-91(94)98-72/h11,13-14,21-22,52,55,58-60,62-64,66-67,71,73,75-78,83-84,107,111H,12,15-20,23-51,53-54,56-57H2,1-10H3,(H2,94,98)(H2,93,96,97)/b14-11+,21-13+,61-22+,65-52+/t60-,62-,63-,64-,66-,67+,71+,73+,75-,76+,77+,78-,83-,84+,92-/m1/s1. The Morgan fingerprint density at radius 3 is 1.94 bits per heavy atom. The number of aliphatic hydroxyl groups is 2. The van der Waals surface area contributed by atoms with Gasteiger partial charge in [0.1, 0.15) is 71.2 Å². The van der Waals surface area contributed by atoms with E-state index in [0.29, 0.717) is 253 Å². The molecule has 4 aliphatic rings. The highest BCUT2D eigenvalue weighted by molar-refractivity contribution is 6.39. The smallest absolute Gasteiger partial charge is 0.329 e. The molecule has 1 saturated carbocycles. The van der Waals surface area contributed by atoms with E-state index >= 15 is 0 Å². The number of methoxy groups -OCH3 is 3. The first-order valence-electron chi connectivity index (χ1n) is 45.1. The minimum Gasteiger partial charge on any atom is -0.460 e. The number of Topliss-reactive ketones (excluding diaryl/α,β-unsaturated/α-hetero) is 5. The molecule has 34 nitrogen and oxygen atoms in total. The number of ether oxygens (including phenoxy) is 14. The van der Waals surface area contributed by atoms with Crippen LogP contribution in [0.4, 0.5) is 11.8 Å². The second-order valence-electron chi connectivity index (χ2n) is 33.7. The summed E-state index contributed by atoms with van der Waals surface area (Å²) >= 11 is 0. The van der Waals surface area contributed by atoms with Crippen LogP contribution in [-0.4, -0.2) is 280 Å². The van der Waals surface area contributed by atoms with Gasteiger partial charge >= 0.3 is 11.9 Å². The molecule has 4 aromatic heterocycles. The number of esters is 2. The van der Waals surface area contributed by atoms with Crippen molar-refractivity contribution in [3.63, 3.8) is 0 Å². The summed E-state index contributed by atoms with van der Waals surface area (Å²) in [5.74, 6) is -8.47. The molecule has 126 heavy (non-hydrogen) atoms. The van der Waals surface area contributed by atoms with Gasteiger partial charge in [0.2, 0.25) is 11.5 Å². The second kappa shape index (κ2) is 55.1. The number of hydrogen-bond acceptors (Lipinski definition) is 32. The van der Waals surface area contributed by atoms with Gasteiger partial charge in [-0.1, -0.05) is 77.5 Å². The summed E-state index contributed by atoms with van der Waals surface area (Å²) in [5, 5.41) is 29.2. The molecule has 2 bridgehead atoms. The van der Waals surface area contributed by atoms with Gasteiger partial charge in [0.05, 0.1) is 116 Å². The molecule has 1 amide bonds. The number of ketones is 5. The van der Waals surface area contributed by atoms with Crippen LogP contribution in [0.15, 0.2) is 70.6 Å². The number of fused-ring (bicyclic) bond motifs is 5. The number of allylic oxidation sites excluding steroid dienone is 6. The van der Waals surface area contributed by atoms with Crippen LogP contribution in [0.3, 0.4) is 0 Å². The molecule has 0 unspecified atom stereocenters. The zero-order chi connectivity index (χ0) is 90.9. The maximum absolute atomic E-state index is 14.8. The summed E-state index contributed by atoms with van der Waals surface area (Å²) in [6.07, 6.45) is 18.2. The number of nitrogens with zero attached hydrogens (tertiary/aromatic N) is 7. The third-order valence-corrected chi connectivity index (χ3v) is 23.9. The molecule has 34 heteroatoms. The van der Waals surface area contributed by atoms with Crippen LogP contribution in [-0.2, 0) is 111 Å². The van der Waals surface area contributed by atoms with E-state index in [4.69, 9.17) is 87.3 Å². The van der Waals surface area contributed by atoms with Gasteiger partial charge < -0.3 is 97.3 Å². The van der Waals surface area contributed by atoms with E-state index in [2.05, 4.69) is 19.9 Å². The topological polar surface area (TPSA) is 444 Å². The Kier molecular flexibility index (Phi) is 45.2. The highest BCUT2D eigenvalue weighted by Crippen LogP contribution is 2.40. The Bertz CT molecular complexity index is 4190. The Labute approximate surface area is 740 Å². The zero-order valence-corrected chi connectivity index (χ0v) is 75.6. The fourth-order valence-electron chi connectivity index (χ4n) is 16.4. The van der Waals surface area contributed by atoms with E-state index in [-0.39, 0.29) is 79.2 Å². The molecule has 7 heterocycles. The molecule has 1 aliphatic carbocycles. The maximum atomic E-state index is 14.8. The van der Waals surface area contributed by atoms with Crippen molar-refractivity contribution in [2.45, 2.75) is 251 Å². The largest absolute Gasteiger partial charge is 0.460 e. The van der Waals surface area contributed by atoms with Crippen LogP contribution in [0.25, 0.3) is 33.5 Å². The third-order valence-electron chi connectivity index (χ3n) is 23.9. The predicted octanol–water partition coefficient (Wildman–Crippen LogP) is 10.1. The molecular weight excluding hydrogens is 1630 g/mol. The van der Waals surface area contributed by atoms with Gasteiger partial charge in [-0.2, -0.15) is 10.1 Å². The van der Waals surface area contributed by atoms with E-state index in [0.717, 1.165) is 24.8 Å². The van der Waals surface area contributed by atoms with Gasteiger partial charge in [0, 0.05) is 122 Å². The summed E-state index contributed by atoms with van der Waals surface area (Å²) in [4.78, 5) is 129. The number of aromatic nitrogens is 6. The third kappa shape index (κ3) is 33.1. The van der Waals surface area contributed by atoms with Crippen molar-refractivity contribution < 1.29 is 119 Å². The van der Waals surface area contributed by atoms with E-state index in [9.17, 15) is 48.6 Å². The highest BCUT2D eigenvalue weighted by atomic mass is 16.6. The first-order chi connectivity index (χ1) is 60.7. The minimum absolute atomic E-state index is 0.00923. The van der Waals surface area contributed by atoms with Gasteiger partial charge in [-0.25, -0.2) is 24.4 Å². The number of nitrogens with two attached hydrogens (primary N) is 2. The summed E-state index contributed by atoms with van der Waals surface area (Å²) in [5.41, 5.74) is 15.9. The number of rotatable bonds is 46. The average Bonchev–Trinajstić information content (AvgIpc) is 1.41. The van der Waals surface area contributed by atoms with Crippen molar-refractivity contribution in [2.24, 2.45) is 35.5 Å². The zero-order valence-electron chi connectivity index (χ0n) is 75.6. The fraction of sp³-hybridized carbons (Fsp3) is 0.707. The average molecular weight is 1770 g/mol. The van der Waals surface area contributed by atoms with Crippen molar-refractivity contribution in [3.05, 3.63) is 66.2 Å². The van der Waals surface area contributed by atoms with Crippen molar-refractivity contribution in [2.75, 3.05) is 145 Å². The second-order valence-corrected chi connectivity index (χ2v) is 33.7. The molecular formula is C92H139N9O25. The summed E-state index contributed by atoms with van der Waals surface area (Å²) in [7, 11) is 4.50. The molecule has 0 spiro atoms. The van der Waals surface area contributed by atoms with E-state index < -0.39 is 95.9 Å².